The van der Waals surface area contributed by atoms with E-state index in [1.165, 1.54) is 6.92 Å². The molecule has 6 nitrogen and oxygen atoms in total. The molecule has 0 spiro atoms. The Morgan fingerprint density at radius 2 is 1.62 bits per heavy atom. The minimum atomic E-state index is -4.71. The lowest BCUT2D eigenvalue weighted by molar-refractivity contribution is -0.137. The van der Waals surface area contributed by atoms with E-state index < -0.39 is 60.6 Å². The number of halogens is 5. The summed E-state index contributed by atoms with van der Waals surface area (Å²) in [7, 11) is -4.05. The van der Waals surface area contributed by atoms with Gasteiger partial charge in [-0.25, -0.2) is 31.7 Å². The first-order chi connectivity index (χ1) is 15.9. The van der Waals surface area contributed by atoms with Crippen LogP contribution >= 0.6 is 0 Å². The molecule has 4 rings (SSSR count). The Morgan fingerprint density at radius 1 is 0.941 bits per heavy atom. The second-order valence-corrected chi connectivity index (χ2v) is 9.50. The summed E-state index contributed by atoms with van der Waals surface area (Å²) >= 11 is 0. The minimum Gasteiger partial charge on any atom is -0.268 e. The van der Waals surface area contributed by atoms with Crippen molar-refractivity contribution in [3.05, 3.63) is 82.5 Å². The van der Waals surface area contributed by atoms with Crippen LogP contribution in [0.15, 0.2) is 64.7 Å². The van der Waals surface area contributed by atoms with E-state index in [0.717, 1.165) is 47.4 Å². The maximum absolute atomic E-state index is 13.7. The predicted octanol–water partition coefficient (Wildman–Crippen LogP) is 4.54. The zero-order valence-corrected chi connectivity index (χ0v) is 18.1. The van der Waals surface area contributed by atoms with Crippen molar-refractivity contribution in [2.45, 2.75) is 18.0 Å². The molecular weight excluding hydrogens is 481 g/mol. The van der Waals surface area contributed by atoms with E-state index in [-0.39, 0.29) is 16.6 Å². The molecule has 0 aliphatic heterocycles. The topological polar surface area (TPSA) is 81.9 Å². The van der Waals surface area contributed by atoms with Crippen LogP contribution in [0.4, 0.5) is 22.0 Å². The van der Waals surface area contributed by atoms with Crippen LogP contribution in [0.3, 0.4) is 0 Å². The zero-order valence-electron chi connectivity index (χ0n) is 17.3. The van der Waals surface area contributed by atoms with Gasteiger partial charge in [0.25, 0.3) is 5.56 Å². The van der Waals surface area contributed by atoms with Gasteiger partial charge in [-0.2, -0.15) is 13.2 Å². The van der Waals surface area contributed by atoms with E-state index in [1.807, 2.05) is 0 Å². The fourth-order valence-corrected chi connectivity index (χ4v) is 4.38. The minimum absolute atomic E-state index is 0.00269. The van der Waals surface area contributed by atoms with Crippen LogP contribution in [0.25, 0.3) is 27.8 Å². The van der Waals surface area contributed by atoms with Gasteiger partial charge in [0.2, 0.25) is 0 Å². The smallest absolute Gasteiger partial charge is 0.268 e. The van der Waals surface area contributed by atoms with Crippen LogP contribution in [0.5, 0.6) is 0 Å². The summed E-state index contributed by atoms with van der Waals surface area (Å²) in [6.45, 7) is 1.34. The SMILES string of the molecule is CCS(=O)(=O)c1cc(-c2cc(F)cc(F)c2)cnc1-n1cnc2ccc(C(F)(F)F)cc2c1=O. The highest BCUT2D eigenvalue weighted by Gasteiger charge is 2.31. The number of hydrogen-bond donors (Lipinski definition) is 0. The summed E-state index contributed by atoms with van der Waals surface area (Å²) in [6, 6.07) is 6.12. The summed E-state index contributed by atoms with van der Waals surface area (Å²) in [5, 5.41) is -0.393. The van der Waals surface area contributed by atoms with Crippen molar-refractivity contribution >= 4 is 20.7 Å². The number of benzene rings is 2. The highest BCUT2D eigenvalue weighted by atomic mass is 32.2. The fraction of sp³-hybridized carbons (Fsp3) is 0.136. The Morgan fingerprint density at radius 3 is 2.24 bits per heavy atom. The number of aromatic nitrogens is 3. The number of rotatable bonds is 4. The van der Waals surface area contributed by atoms with Gasteiger partial charge in [-0.1, -0.05) is 6.92 Å². The van der Waals surface area contributed by atoms with Crippen molar-refractivity contribution in [3.63, 3.8) is 0 Å². The van der Waals surface area contributed by atoms with Crippen molar-refractivity contribution < 1.29 is 30.4 Å². The molecule has 0 saturated carbocycles. The average molecular weight is 495 g/mol. The standard InChI is InChI=1S/C22H14F5N3O3S/c1-2-34(32,33)19-7-13(12-5-15(23)9-16(24)6-12)10-28-20(19)30-11-29-18-4-3-14(22(25,26)27)8-17(18)21(30)31/h3-11H,2H2,1H3. The Hall–Kier alpha value is -3.67. The van der Waals surface area contributed by atoms with Crippen molar-refractivity contribution in [3.8, 4) is 16.9 Å². The largest absolute Gasteiger partial charge is 0.416 e. The lowest BCUT2D eigenvalue weighted by Crippen LogP contribution is -2.23. The molecule has 0 N–H and O–H groups in total. The molecule has 0 saturated heterocycles. The molecule has 0 aliphatic carbocycles. The second-order valence-electron chi connectivity index (χ2n) is 7.26. The highest BCUT2D eigenvalue weighted by molar-refractivity contribution is 7.91. The molecule has 12 heteroatoms. The predicted molar refractivity (Wildman–Crippen MR) is 113 cm³/mol. The Labute approximate surface area is 189 Å². The van der Waals surface area contributed by atoms with Crippen LogP contribution in [0, 0.1) is 11.6 Å². The van der Waals surface area contributed by atoms with Crippen molar-refractivity contribution in [1.82, 2.24) is 14.5 Å². The van der Waals surface area contributed by atoms with E-state index in [1.54, 1.807) is 0 Å². The highest BCUT2D eigenvalue weighted by Crippen LogP contribution is 2.31. The lowest BCUT2D eigenvalue weighted by atomic mass is 10.1. The van der Waals surface area contributed by atoms with Gasteiger partial charge in [-0.05, 0) is 42.0 Å². The van der Waals surface area contributed by atoms with Gasteiger partial charge in [0.1, 0.15) is 22.9 Å². The van der Waals surface area contributed by atoms with E-state index >= 15 is 0 Å². The average Bonchev–Trinajstić information content (AvgIpc) is 2.77. The number of fused-ring (bicyclic) bond motifs is 1. The molecule has 0 unspecified atom stereocenters. The summed E-state index contributed by atoms with van der Waals surface area (Å²) in [4.78, 5) is 20.6. The summed E-state index contributed by atoms with van der Waals surface area (Å²) < 4.78 is 93.0. The first-order valence-corrected chi connectivity index (χ1v) is 11.3. The van der Waals surface area contributed by atoms with Crippen LogP contribution in [-0.4, -0.2) is 28.7 Å². The number of hydrogen-bond acceptors (Lipinski definition) is 5. The molecule has 2 aromatic carbocycles. The molecule has 0 amide bonds. The summed E-state index contributed by atoms with van der Waals surface area (Å²) in [6.07, 6.45) is -2.66. The second kappa shape index (κ2) is 8.28. The third kappa shape index (κ3) is 4.28. The number of sulfone groups is 1. The molecule has 176 valence electrons. The van der Waals surface area contributed by atoms with E-state index in [9.17, 15) is 35.2 Å². The molecular formula is C22H14F5N3O3S. The third-order valence-electron chi connectivity index (χ3n) is 5.06. The lowest BCUT2D eigenvalue weighted by Gasteiger charge is -2.14. The molecule has 0 atom stereocenters. The molecule has 0 radical (unpaired) electrons. The van der Waals surface area contributed by atoms with Crippen LogP contribution in [-0.2, 0) is 16.0 Å². The van der Waals surface area contributed by atoms with Crippen molar-refractivity contribution in [2.75, 3.05) is 5.75 Å². The summed E-state index contributed by atoms with van der Waals surface area (Å²) in [5.74, 6) is -2.60. The van der Waals surface area contributed by atoms with Crippen LogP contribution < -0.4 is 5.56 Å². The third-order valence-corrected chi connectivity index (χ3v) is 6.79. The maximum atomic E-state index is 13.7. The quantitative estimate of drug-likeness (QED) is 0.389. The summed E-state index contributed by atoms with van der Waals surface area (Å²) in [5.41, 5.74) is -2.02. The Kier molecular flexibility index (Phi) is 5.72. The first-order valence-electron chi connectivity index (χ1n) is 9.69. The van der Waals surface area contributed by atoms with Gasteiger partial charge in [0.05, 0.1) is 22.2 Å². The van der Waals surface area contributed by atoms with Gasteiger partial charge in [-0.15, -0.1) is 0 Å². The molecule has 0 aliphatic rings. The van der Waals surface area contributed by atoms with Crippen LogP contribution in [0.2, 0.25) is 0 Å². The van der Waals surface area contributed by atoms with Gasteiger partial charge in [0.15, 0.2) is 15.7 Å². The molecule has 2 aromatic heterocycles. The number of alkyl halides is 3. The van der Waals surface area contributed by atoms with E-state index in [0.29, 0.717) is 12.1 Å². The Balaban J connectivity index is 1.98. The van der Waals surface area contributed by atoms with Crippen molar-refractivity contribution in [2.24, 2.45) is 0 Å². The number of nitrogens with zero attached hydrogens (tertiary/aromatic N) is 3. The van der Waals surface area contributed by atoms with Gasteiger partial charge < -0.3 is 0 Å². The number of pyridine rings is 1. The fourth-order valence-electron chi connectivity index (χ4n) is 3.33. The monoisotopic (exact) mass is 495 g/mol. The molecule has 4 aromatic rings. The van der Waals surface area contributed by atoms with E-state index in [4.69, 9.17) is 0 Å². The van der Waals surface area contributed by atoms with Gasteiger partial charge in [0, 0.05) is 17.8 Å². The van der Waals surface area contributed by atoms with Crippen LogP contribution in [0.1, 0.15) is 12.5 Å². The van der Waals surface area contributed by atoms with Gasteiger partial charge >= 0.3 is 6.18 Å². The van der Waals surface area contributed by atoms with Crippen molar-refractivity contribution in [1.29, 1.82) is 0 Å². The zero-order chi connectivity index (χ0) is 24.8. The normalized spacial score (nSPS) is 12.3. The first kappa shape index (κ1) is 23.5. The Bertz CT molecular complexity index is 1580. The van der Waals surface area contributed by atoms with E-state index in [2.05, 4.69) is 9.97 Å². The maximum Gasteiger partial charge on any atom is 0.416 e. The van der Waals surface area contributed by atoms with Gasteiger partial charge in [-0.3, -0.25) is 4.79 Å². The molecule has 2 heterocycles. The molecule has 0 fully saturated rings. The molecule has 34 heavy (non-hydrogen) atoms. The molecule has 0 bridgehead atoms.